The quantitative estimate of drug-likeness (QED) is 0.787. The lowest BCUT2D eigenvalue weighted by molar-refractivity contribution is -0.118. The Kier molecular flexibility index (Phi) is 4.23. The van der Waals surface area contributed by atoms with Gasteiger partial charge in [-0.15, -0.1) is 5.10 Å². The number of nitrogens with one attached hydrogen (secondary N) is 1. The third-order valence-corrected chi connectivity index (χ3v) is 3.45. The summed E-state index contributed by atoms with van der Waals surface area (Å²) in [6, 6.07) is 13.6. The minimum atomic E-state index is -0.237. The van der Waals surface area contributed by atoms with Crippen molar-refractivity contribution < 1.29 is 9.53 Å². The lowest BCUT2D eigenvalue weighted by Crippen LogP contribution is -2.21. The number of hydrogen-bond donors (Lipinski definition) is 1. The summed E-state index contributed by atoms with van der Waals surface area (Å²) in [5, 5.41) is 10.7. The van der Waals surface area contributed by atoms with Crippen molar-refractivity contribution in [1.29, 1.82) is 0 Å². The Morgan fingerprint density at radius 3 is 2.91 bits per heavy atom. The molecule has 0 bridgehead atoms. The molecule has 0 aliphatic rings. The number of carbonyl (C=O) groups is 1. The molecule has 0 saturated carbocycles. The van der Waals surface area contributed by atoms with Gasteiger partial charge in [0.1, 0.15) is 0 Å². The van der Waals surface area contributed by atoms with Crippen molar-refractivity contribution in [3.05, 3.63) is 54.2 Å². The summed E-state index contributed by atoms with van der Waals surface area (Å²) in [5.41, 5.74) is 2.61. The van der Waals surface area contributed by atoms with Crippen LogP contribution < -0.4 is 10.1 Å². The highest BCUT2D eigenvalue weighted by molar-refractivity contribution is 5.91. The van der Waals surface area contributed by atoms with Crippen LogP contribution >= 0.6 is 0 Å². The fourth-order valence-electron chi connectivity index (χ4n) is 2.22. The highest BCUT2D eigenvalue weighted by atomic mass is 16.5. The number of aromatic nitrogens is 3. The van der Waals surface area contributed by atoms with E-state index in [2.05, 4.69) is 29.4 Å². The normalized spacial score (nSPS) is 10.9. The van der Waals surface area contributed by atoms with Crippen LogP contribution in [0.1, 0.15) is 25.3 Å². The van der Waals surface area contributed by atoms with Crippen LogP contribution in [0, 0.1) is 0 Å². The molecule has 0 saturated heterocycles. The lowest BCUT2D eigenvalue weighted by atomic mass is 10.0. The van der Waals surface area contributed by atoms with E-state index in [-0.39, 0.29) is 12.5 Å². The van der Waals surface area contributed by atoms with Crippen LogP contribution in [-0.4, -0.2) is 27.1 Å². The van der Waals surface area contributed by atoms with Gasteiger partial charge in [0.15, 0.2) is 12.3 Å². The van der Waals surface area contributed by atoms with Gasteiger partial charge in [-0.25, -0.2) is 0 Å². The number of carbonyl (C=O) groups excluding carboxylic acids is 1. The summed E-state index contributed by atoms with van der Waals surface area (Å²) in [6.45, 7) is 4.10. The molecule has 6 nitrogen and oxygen atoms in total. The first-order valence-electron chi connectivity index (χ1n) is 7.46. The second-order valence-electron chi connectivity index (χ2n) is 5.53. The van der Waals surface area contributed by atoms with Crippen molar-refractivity contribution in [3.63, 3.8) is 0 Å². The number of hydrogen-bond acceptors (Lipinski definition) is 4. The van der Waals surface area contributed by atoms with Gasteiger partial charge in [-0.2, -0.15) is 0 Å². The maximum atomic E-state index is 12.0. The van der Waals surface area contributed by atoms with Gasteiger partial charge in [0.25, 0.3) is 5.91 Å². The molecular weight excluding hydrogens is 292 g/mol. The fraction of sp³-hybridized carbons (Fsp3) is 0.235. The topological polar surface area (TPSA) is 68.5 Å². The van der Waals surface area contributed by atoms with Gasteiger partial charge in [0, 0.05) is 11.9 Å². The van der Waals surface area contributed by atoms with Crippen LogP contribution in [-0.2, 0) is 4.79 Å². The second kappa shape index (κ2) is 6.48. The third-order valence-electron chi connectivity index (χ3n) is 3.45. The van der Waals surface area contributed by atoms with Crippen LogP contribution in [0.15, 0.2) is 48.7 Å². The van der Waals surface area contributed by atoms with Gasteiger partial charge >= 0.3 is 6.01 Å². The minimum absolute atomic E-state index is 0.123. The summed E-state index contributed by atoms with van der Waals surface area (Å²) in [6.07, 6.45) is 1.79. The molecule has 0 aliphatic carbocycles. The van der Waals surface area contributed by atoms with E-state index in [4.69, 9.17) is 4.74 Å². The first-order valence-corrected chi connectivity index (χ1v) is 7.46. The maximum absolute atomic E-state index is 12.0. The van der Waals surface area contributed by atoms with Crippen LogP contribution in [0.4, 0.5) is 5.69 Å². The van der Waals surface area contributed by atoms with Gasteiger partial charge in [0.05, 0.1) is 0 Å². The average Bonchev–Trinajstić information content (AvgIpc) is 2.96. The predicted molar refractivity (Wildman–Crippen MR) is 87.6 cm³/mol. The van der Waals surface area contributed by atoms with Crippen LogP contribution in [0.5, 0.6) is 6.01 Å². The summed E-state index contributed by atoms with van der Waals surface area (Å²) in [5.74, 6) is 0.170. The van der Waals surface area contributed by atoms with Gasteiger partial charge < -0.3 is 10.1 Å². The molecule has 0 radical (unpaired) electrons. The Hall–Kier alpha value is -2.89. The highest BCUT2D eigenvalue weighted by Gasteiger charge is 2.09. The molecule has 0 atom stereocenters. The zero-order valence-corrected chi connectivity index (χ0v) is 13.1. The Bertz CT molecular complexity index is 826. The first-order chi connectivity index (χ1) is 11.1. The van der Waals surface area contributed by atoms with E-state index in [1.54, 1.807) is 10.6 Å². The standard InChI is InChI=1S/C17H18N4O2/c1-12(2)13-6-5-7-14(10-13)18-16(22)11-23-17-20-19-15-8-3-4-9-21(15)17/h3-10,12H,11H2,1-2H3,(H,18,22). The summed E-state index contributed by atoms with van der Waals surface area (Å²) in [4.78, 5) is 12.0. The third kappa shape index (κ3) is 3.48. The number of benzene rings is 1. The Balaban J connectivity index is 1.62. The molecule has 1 amide bonds. The predicted octanol–water partition coefficient (Wildman–Crippen LogP) is 2.87. The Morgan fingerprint density at radius 2 is 2.09 bits per heavy atom. The number of pyridine rings is 1. The van der Waals surface area contributed by atoms with E-state index in [0.717, 1.165) is 5.69 Å². The number of anilines is 1. The Morgan fingerprint density at radius 1 is 1.22 bits per heavy atom. The van der Waals surface area contributed by atoms with Crippen molar-refractivity contribution in [2.75, 3.05) is 11.9 Å². The second-order valence-corrected chi connectivity index (χ2v) is 5.53. The van der Waals surface area contributed by atoms with Crippen LogP contribution in [0.25, 0.3) is 5.65 Å². The van der Waals surface area contributed by atoms with E-state index >= 15 is 0 Å². The largest absolute Gasteiger partial charge is 0.453 e. The van der Waals surface area contributed by atoms with Gasteiger partial charge in [-0.05, 0) is 35.7 Å². The molecule has 1 N–H and O–H groups in total. The van der Waals surface area contributed by atoms with E-state index in [1.165, 1.54) is 5.56 Å². The van der Waals surface area contributed by atoms with E-state index < -0.39 is 0 Å². The molecule has 0 fully saturated rings. The van der Waals surface area contributed by atoms with Crippen LogP contribution in [0.2, 0.25) is 0 Å². The molecule has 0 spiro atoms. The molecule has 2 aromatic heterocycles. The summed E-state index contributed by atoms with van der Waals surface area (Å²) in [7, 11) is 0. The molecule has 3 aromatic rings. The number of fused-ring (bicyclic) bond motifs is 1. The summed E-state index contributed by atoms with van der Waals surface area (Å²) >= 11 is 0. The van der Waals surface area contributed by atoms with Crippen molar-refractivity contribution in [2.45, 2.75) is 19.8 Å². The van der Waals surface area contributed by atoms with E-state index in [0.29, 0.717) is 17.6 Å². The molecule has 3 rings (SSSR count). The molecule has 23 heavy (non-hydrogen) atoms. The number of ether oxygens (including phenoxy) is 1. The van der Waals surface area contributed by atoms with Crippen LogP contribution in [0.3, 0.4) is 0 Å². The monoisotopic (exact) mass is 310 g/mol. The first kappa shape index (κ1) is 15.0. The molecular formula is C17H18N4O2. The van der Waals surface area contributed by atoms with Gasteiger partial charge in [-0.1, -0.05) is 37.1 Å². The summed E-state index contributed by atoms with van der Waals surface area (Å²) < 4.78 is 7.14. The molecule has 0 unspecified atom stereocenters. The zero-order valence-electron chi connectivity index (χ0n) is 13.1. The van der Waals surface area contributed by atoms with E-state index in [9.17, 15) is 4.79 Å². The van der Waals surface area contributed by atoms with Gasteiger partial charge in [-0.3, -0.25) is 9.20 Å². The maximum Gasteiger partial charge on any atom is 0.322 e. The number of amides is 1. The molecule has 1 aromatic carbocycles. The van der Waals surface area contributed by atoms with Crippen molar-refractivity contribution in [1.82, 2.24) is 14.6 Å². The van der Waals surface area contributed by atoms with Crippen molar-refractivity contribution >= 4 is 17.2 Å². The highest BCUT2D eigenvalue weighted by Crippen LogP contribution is 2.18. The van der Waals surface area contributed by atoms with Gasteiger partial charge in [0.2, 0.25) is 0 Å². The molecule has 0 aliphatic heterocycles. The van der Waals surface area contributed by atoms with E-state index in [1.807, 2.05) is 42.5 Å². The minimum Gasteiger partial charge on any atom is -0.453 e. The molecule has 2 heterocycles. The average molecular weight is 310 g/mol. The number of nitrogens with zero attached hydrogens (tertiary/aromatic N) is 3. The lowest BCUT2D eigenvalue weighted by Gasteiger charge is -2.09. The smallest absolute Gasteiger partial charge is 0.322 e. The van der Waals surface area contributed by atoms with Crippen molar-refractivity contribution in [2.24, 2.45) is 0 Å². The molecule has 118 valence electrons. The zero-order chi connectivity index (χ0) is 16.2. The SMILES string of the molecule is CC(C)c1cccc(NC(=O)COc2nnc3ccccn23)c1. The fourth-order valence-corrected chi connectivity index (χ4v) is 2.22. The Labute approximate surface area is 134 Å². The van der Waals surface area contributed by atoms with Crippen molar-refractivity contribution in [3.8, 4) is 6.01 Å². The molecule has 6 heteroatoms. The number of rotatable bonds is 5.